The summed E-state index contributed by atoms with van der Waals surface area (Å²) in [5.41, 5.74) is 7.06. The molecular formula is C14H19N3O3. The molecule has 0 radical (unpaired) electrons. The molecule has 0 spiro atoms. The van der Waals surface area contributed by atoms with Gasteiger partial charge in [0.15, 0.2) is 0 Å². The highest BCUT2D eigenvalue weighted by molar-refractivity contribution is 5.94. The van der Waals surface area contributed by atoms with Crippen LogP contribution in [0.4, 0.5) is 11.4 Å². The Morgan fingerprint density at radius 2 is 1.95 bits per heavy atom. The molecule has 1 heterocycles. The van der Waals surface area contributed by atoms with Crippen molar-refractivity contribution in [2.45, 2.75) is 13.3 Å². The molecule has 0 saturated carbocycles. The molecule has 1 fully saturated rings. The Morgan fingerprint density at radius 1 is 1.20 bits per heavy atom. The third-order valence-corrected chi connectivity index (χ3v) is 3.57. The number of benzene rings is 1. The van der Waals surface area contributed by atoms with E-state index in [4.69, 9.17) is 10.8 Å². The second kappa shape index (κ2) is 5.81. The highest BCUT2D eigenvalue weighted by Gasteiger charge is 2.18. The van der Waals surface area contributed by atoms with Crippen LogP contribution in [0, 0.1) is 0 Å². The molecule has 6 nitrogen and oxygen atoms in total. The molecule has 6 heteroatoms. The van der Waals surface area contributed by atoms with Crippen molar-refractivity contribution in [1.82, 2.24) is 4.90 Å². The molecule has 2 rings (SSSR count). The molecule has 0 aromatic heterocycles. The van der Waals surface area contributed by atoms with E-state index in [9.17, 15) is 9.59 Å². The first-order valence-corrected chi connectivity index (χ1v) is 6.62. The van der Waals surface area contributed by atoms with Gasteiger partial charge >= 0.3 is 5.97 Å². The lowest BCUT2D eigenvalue weighted by molar-refractivity contribution is -0.128. The van der Waals surface area contributed by atoms with Crippen LogP contribution in [0.3, 0.4) is 0 Å². The minimum Gasteiger partial charge on any atom is -0.478 e. The first kappa shape index (κ1) is 14.2. The van der Waals surface area contributed by atoms with Crippen LogP contribution in [0.1, 0.15) is 23.7 Å². The molecule has 0 aliphatic carbocycles. The smallest absolute Gasteiger partial charge is 0.337 e. The van der Waals surface area contributed by atoms with Gasteiger partial charge in [0.1, 0.15) is 0 Å². The number of aromatic carboxylic acids is 1. The van der Waals surface area contributed by atoms with Gasteiger partial charge in [-0.05, 0) is 24.6 Å². The van der Waals surface area contributed by atoms with Gasteiger partial charge in [0.25, 0.3) is 0 Å². The van der Waals surface area contributed by atoms with E-state index in [1.807, 2.05) is 4.90 Å². The maximum absolute atomic E-state index is 11.4. The van der Waals surface area contributed by atoms with Gasteiger partial charge in [-0.3, -0.25) is 4.79 Å². The second-order valence-electron chi connectivity index (χ2n) is 4.92. The summed E-state index contributed by atoms with van der Waals surface area (Å²) in [6.07, 6.45) is 0.889. The average molecular weight is 277 g/mol. The fraction of sp³-hybridized carbons (Fsp3) is 0.429. The average Bonchev–Trinajstić information content (AvgIpc) is 2.63. The lowest BCUT2D eigenvalue weighted by atomic mass is 10.1. The number of hydrogen-bond donors (Lipinski definition) is 2. The predicted molar refractivity (Wildman–Crippen MR) is 76.9 cm³/mol. The number of amides is 1. The van der Waals surface area contributed by atoms with Gasteiger partial charge in [0.2, 0.25) is 5.91 Å². The molecule has 0 bridgehead atoms. The number of carboxylic acids is 1. The number of carbonyl (C=O) groups excluding carboxylic acids is 1. The van der Waals surface area contributed by atoms with Crippen LogP contribution in [-0.2, 0) is 4.79 Å². The standard InChI is InChI=1S/C14H19N3O3/c1-10(18)16-5-2-6-17(8-7-16)11-3-4-12(14(19)20)13(15)9-11/h3-4,9H,2,5-8,15H2,1H3,(H,19,20). The number of hydrogen-bond acceptors (Lipinski definition) is 4. The monoisotopic (exact) mass is 277 g/mol. The van der Waals surface area contributed by atoms with Crippen molar-refractivity contribution in [2.24, 2.45) is 0 Å². The number of anilines is 2. The van der Waals surface area contributed by atoms with Crippen LogP contribution in [0.15, 0.2) is 18.2 Å². The SMILES string of the molecule is CC(=O)N1CCCN(c2ccc(C(=O)O)c(N)c2)CC1. The molecule has 20 heavy (non-hydrogen) atoms. The fourth-order valence-corrected chi connectivity index (χ4v) is 2.43. The zero-order chi connectivity index (χ0) is 14.7. The number of carbonyl (C=O) groups is 2. The van der Waals surface area contributed by atoms with Gasteiger partial charge in [-0.25, -0.2) is 4.79 Å². The summed E-state index contributed by atoms with van der Waals surface area (Å²) in [6.45, 7) is 4.57. The Bertz CT molecular complexity index is 530. The molecule has 108 valence electrons. The van der Waals surface area contributed by atoms with Gasteiger partial charge in [-0.1, -0.05) is 0 Å². The van der Waals surface area contributed by atoms with E-state index < -0.39 is 5.97 Å². The van der Waals surface area contributed by atoms with E-state index in [2.05, 4.69) is 4.90 Å². The first-order chi connectivity index (χ1) is 9.49. The maximum Gasteiger partial charge on any atom is 0.337 e. The maximum atomic E-state index is 11.4. The van der Waals surface area contributed by atoms with Gasteiger partial charge in [-0.15, -0.1) is 0 Å². The summed E-state index contributed by atoms with van der Waals surface area (Å²) in [6, 6.07) is 4.98. The first-order valence-electron chi connectivity index (χ1n) is 6.62. The Balaban J connectivity index is 2.14. The molecule has 0 atom stereocenters. The van der Waals surface area contributed by atoms with E-state index in [1.165, 1.54) is 6.07 Å². The normalized spacial score (nSPS) is 15.8. The topological polar surface area (TPSA) is 86.9 Å². The fourth-order valence-electron chi connectivity index (χ4n) is 2.43. The summed E-state index contributed by atoms with van der Waals surface area (Å²) < 4.78 is 0. The zero-order valence-corrected chi connectivity index (χ0v) is 11.5. The Kier molecular flexibility index (Phi) is 4.12. The van der Waals surface area contributed by atoms with Crippen LogP contribution in [-0.4, -0.2) is 48.1 Å². The van der Waals surface area contributed by atoms with Crippen molar-refractivity contribution in [2.75, 3.05) is 36.8 Å². The Morgan fingerprint density at radius 3 is 2.55 bits per heavy atom. The van der Waals surface area contributed by atoms with Gasteiger partial charge in [0.05, 0.1) is 5.56 Å². The third kappa shape index (κ3) is 3.01. The molecular weight excluding hydrogens is 258 g/mol. The third-order valence-electron chi connectivity index (χ3n) is 3.57. The van der Waals surface area contributed by atoms with E-state index in [-0.39, 0.29) is 17.2 Å². The van der Waals surface area contributed by atoms with Crippen molar-refractivity contribution >= 4 is 23.3 Å². The molecule has 1 amide bonds. The van der Waals surface area contributed by atoms with E-state index in [1.54, 1.807) is 19.1 Å². The van der Waals surface area contributed by atoms with Crippen LogP contribution >= 0.6 is 0 Å². The molecule has 0 unspecified atom stereocenters. The summed E-state index contributed by atoms with van der Waals surface area (Å²) in [5, 5.41) is 8.97. The lowest BCUT2D eigenvalue weighted by Crippen LogP contribution is -2.33. The highest BCUT2D eigenvalue weighted by atomic mass is 16.4. The van der Waals surface area contributed by atoms with Crippen LogP contribution in [0.25, 0.3) is 0 Å². The lowest BCUT2D eigenvalue weighted by Gasteiger charge is -2.23. The van der Waals surface area contributed by atoms with Gasteiger partial charge < -0.3 is 20.6 Å². The quantitative estimate of drug-likeness (QED) is 0.788. The summed E-state index contributed by atoms with van der Waals surface area (Å²) in [4.78, 5) is 26.3. The predicted octanol–water partition coefficient (Wildman–Crippen LogP) is 1.03. The Hall–Kier alpha value is -2.24. The summed E-state index contributed by atoms with van der Waals surface area (Å²) in [7, 11) is 0. The van der Waals surface area contributed by atoms with E-state index >= 15 is 0 Å². The minimum absolute atomic E-state index is 0.0904. The van der Waals surface area contributed by atoms with Crippen molar-refractivity contribution in [1.29, 1.82) is 0 Å². The number of carboxylic acid groups (broad SMARTS) is 1. The number of nitrogens with two attached hydrogens (primary N) is 1. The Labute approximate surface area is 117 Å². The van der Waals surface area contributed by atoms with E-state index in [0.717, 1.165) is 31.7 Å². The van der Waals surface area contributed by atoms with Crippen molar-refractivity contribution in [3.63, 3.8) is 0 Å². The molecule has 1 aromatic carbocycles. The highest BCUT2D eigenvalue weighted by Crippen LogP contribution is 2.22. The van der Waals surface area contributed by atoms with Crippen LogP contribution in [0.5, 0.6) is 0 Å². The number of nitrogens with zero attached hydrogens (tertiary/aromatic N) is 2. The summed E-state index contributed by atoms with van der Waals surface area (Å²) in [5.74, 6) is -0.930. The summed E-state index contributed by atoms with van der Waals surface area (Å²) >= 11 is 0. The zero-order valence-electron chi connectivity index (χ0n) is 11.5. The molecule has 1 aliphatic heterocycles. The van der Waals surface area contributed by atoms with Crippen LogP contribution in [0.2, 0.25) is 0 Å². The second-order valence-corrected chi connectivity index (χ2v) is 4.92. The van der Waals surface area contributed by atoms with Gasteiger partial charge in [0, 0.05) is 44.5 Å². The minimum atomic E-state index is -1.02. The van der Waals surface area contributed by atoms with Crippen LogP contribution < -0.4 is 10.6 Å². The molecule has 1 aliphatic rings. The number of nitrogen functional groups attached to an aromatic ring is 1. The molecule has 1 aromatic rings. The largest absolute Gasteiger partial charge is 0.478 e. The van der Waals surface area contributed by atoms with E-state index in [0.29, 0.717) is 6.54 Å². The van der Waals surface area contributed by atoms with Crippen molar-refractivity contribution in [3.8, 4) is 0 Å². The molecule has 3 N–H and O–H groups in total. The van der Waals surface area contributed by atoms with Crippen molar-refractivity contribution < 1.29 is 14.7 Å². The van der Waals surface area contributed by atoms with Gasteiger partial charge in [-0.2, -0.15) is 0 Å². The number of rotatable bonds is 2. The van der Waals surface area contributed by atoms with Crippen molar-refractivity contribution in [3.05, 3.63) is 23.8 Å². The molecule has 1 saturated heterocycles.